The van der Waals surface area contributed by atoms with Crippen LogP contribution in [0.25, 0.3) is 0 Å². The van der Waals surface area contributed by atoms with Crippen LogP contribution in [0.3, 0.4) is 0 Å². The van der Waals surface area contributed by atoms with Gasteiger partial charge in [0.15, 0.2) is 0 Å². The lowest BCUT2D eigenvalue weighted by atomic mass is 10.2. The smallest absolute Gasteiger partial charge is 0.264 e. The summed E-state index contributed by atoms with van der Waals surface area (Å²) in [5.74, 6) is 0.294. The average Bonchev–Trinajstić information content (AvgIpc) is 2.80. The number of morpholine rings is 1. The van der Waals surface area contributed by atoms with E-state index in [9.17, 15) is 13.2 Å². The van der Waals surface area contributed by atoms with E-state index in [0.717, 1.165) is 19.3 Å². The molecule has 1 aliphatic heterocycles. The van der Waals surface area contributed by atoms with Gasteiger partial charge in [0, 0.05) is 25.2 Å². The van der Waals surface area contributed by atoms with Crippen molar-refractivity contribution in [1.29, 1.82) is 0 Å². The minimum atomic E-state index is -3.97. The number of methoxy groups -OCH3 is 1. The Balaban J connectivity index is 1.93. The number of benzene rings is 2. The van der Waals surface area contributed by atoms with Crippen molar-refractivity contribution in [1.82, 2.24) is 0 Å². The number of sulfonamides is 1. The lowest BCUT2D eigenvalue weighted by Crippen LogP contribution is -2.37. The van der Waals surface area contributed by atoms with Gasteiger partial charge >= 0.3 is 0 Å². The van der Waals surface area contributed by atoms with Crippen molar-refractivity contribution in [3.8, 4) is 5.75 Å². The average molecular weight is 462 g/mol. The van der Waals surface area contributed by atoms with Crippen molar-refractivity contribution in [3.05, 3.63) is 42.5 Å². The van der Waals surface area contributed by atoms with E-state index < -0.39 is 10.0 Å². The Hall–Kier alpha value is -2.78. The molecule has 9 heteroatoms. The SMILES string of the molecule is CCCCCC(=O)Nc1ccc(N2CCOCC2)c(S(=O)(=O)Nc2ccccc2OC)c1. The maximum Gasteiger partial charge on any atom is 0.264 e. The van der Waals surface area contributed by atoms with Crippen LogP contribution in [0.2, 0.25) is 0 Å². The number of anilines is 3. The number of nitrogens with one attached hydrogen (secondary N) is 2. The van der Waals surface area contributed by atoms with Crippen molar-refractivity contribution in [2.24, 2.45) is 0 Å². The Morgan fingerprint density at radius 3 is 2.59 bits per heavy atom. The summed E-state index contributed by atoms with van der Waals surface area (Å²) in [6, 6.07) is 11.8. The lowest BCUT2D eigenvalue weighted by Gasteiger charge is -2.30. The van der Waals surface area contributed by atoms with Crippen LogP contribution in [0.5, 0.6) is 5.75 Å². The molecule has 2 aromatic rings. The molecule has 1 saturated heterocycles. The predicted octanol–water partition coefficient (Wildman–Crippen LogP) is 3.85. The van der Waals surface area contributed by atoms with Gasteiger partial charge < -0.3 is 19.7 Å². The maximum atomic E-state index is 13.4. The normalized spacial score (nSPS) is 14.1. The largest absolute Gasteiger partial charge is 0.495 e. The van der Waals surface area contributed by atoms with E-state index in [1.165, 1.54) is 13.2 Å². The monoisotopic (exact) mass is 461 g/mol. The standard InChI is InChI=1S/C23H31N3O5S/c1-3-4-5-10-23(27)24-18-11-12-20(26-13-15-31-16-14-26)22(17-18)32(28,29)25-19-8-6-7-9-21(19)30-2/h6-9,11-12,17,25H,3-5,10,13-16H2,1-2H3,(H,24,27). The highest BCUT2D eigenvalue weighted by Crippen LogP contribution is 2.33. The minimum Gasteiger partial charge on any atom is -0.495 e. The summed E-state index contributed by atoms with van der Waals surface area (Å²) in [7, 11) is -2.48. The van der Waals surface area contributed by atoms with E-state index in [1.807, 2.05) is 4.90 Å². The molecule has 2 N–H and O–H groups in total. The Labute approximate surface area is 190 Å². The van der Waals surface area contributed by atoms with Crippen molar-refractivity contribution in [2.45, 2.75) is 37.5 Å². The molecule has 0 aromatic heterocycles. The first-order chi connectivity index (χ1) is 15.4. The number of rotatable bonds is 10. The Morgan fingerprint density at radius 2 is 1.88 bits per heavy atom. The molecule has 1 aliphatic rings. The molecule has 0 radical (unpaired) electrons. The number of nitrogens with zero attached hydrogens (tertiary/aromatic N) is 1. The van der Waals surface area contributed by atoms with Crippen LogP contribution >= 0.6 is 0 Å². The van der Waals surface area contributed by atoms with Crippen LogP contribution in [0.1, 0.15) is 32.6 Å². The summed E-state index contributed by atoms with van der Waals surface area (Å²) in [4.78, 5) is 14.4. The first-order valence-electron chi connectivity index (χ1n) is 10.9. The lowest BCUT2D eigenvalue weighted by molar-refractivity contribution is -0.116. The highest BCUT2D eigenvalue weighted by atomic mass is 32.2. The molecule has 0 unspecified atom stereocenters. The van der Waals surface area contributed by atoms with E-state index in [2.05, 4.69) is 17.0 Å². The van der Waals surface area contributed by atoms with Gasteiger partial charge in [0.25, 0.3) is 10.0 Å². The van der Waals surface area contributed by atoms with Gasteiger partial charge in [-0.3, -0.25) is 9.52 Å². The number of amides is 1. The zero-order valence-corrected chi connectivity index (χ0v) is 19.4. The first-order valence-corrected chi connectivity index (χ1v) is 12.4. The number of hydrogen-bond acceptors (Lipinski definition) is 6. The quantitative estimate of drug-likeness (QED) is 0.522. The second-order valence-electron chi connectivity index (χ2n) is 7.59. The van der Waals surface area contributed by atoms with Crippen LogP contribution in [-0.4, -0.2) is 47.7 Å². The highest BCUT2D eigenvalue weighted by molar-refractivity contribution is 7.93. The zero-order valence-electron chi connectivity index (χ0n) is 18.6. The molecular weight excluding hydrogens is 430 g/mol. The molecule has 1 fully saturated rings. The van der Waals surface area contributed by atoms with Crippen molar-refractivity contribution >= 4 is 33.0 Å². The van der Waals surface area contributed by atoms with Gasteiger partial charge in [-0.1, -0.05) is 31.9 Å². The van der Waals surface area contributed by atoms with Crippen molar-refractivity contribution in [3.63, 3.8) is 0 Å². The fourth-order valence-electron chi connectivity index (χ4n) is 3.56. The molecule has 2 aromatic carbocycles. The van der Waals surface area contributed by atoms with Gasteiger partial charge in [0.05, 0.1) is 31.7 Å². The van der Waals surface area contributed by atoms with Crippen LogP contribution in [0.4, 0.5) is 17.1 Å². The van der Waals surface area contributed by atoms with E-state index in [4.69, 9.17) is 9.47 Å². The summed E-state index contributed by atoms with van der Waals surface area (Å²) >= 11 is 0. The molecule has 0 spiro atoms. The number of carbonyl (C=O) groups is 1. The minimum absolute atomic E-state index is 0.0941. The summed E-state index contributed by atoms with van der Waals surface area (Å²) in [6.45, 7) is 4.29. The third kappa shape index (κ3) is 6.14. The number of hydrogen-bond donors (Lipinski definition) is 2. The van der Waals surface area contributed by atoms with Crippen LogP contribution in [0.15, 0.2) is 47.4 Å². The number of ether oxygens (including phenoxy) is 2. The number of unbranched alkanes of at least 4 members (excludes halogenated alkanes) is 2. The second-order valence-corrected chi connectivity index (χ2v) is 9.24. The molecule has 8 nitrogen and oxygen atoms in total. The van der Waals surface area contributed by atoms with Crippen LogP contribution < -0.4 is 19.7 Å². The maximum absolute atomic E-state index is 13.4. The van der Waals surface area contributed by atoms with E-state index in [-0.39, 0.29) is 10.8 Å². The van der Waals surface area contributed by atoms with Gasteiger partial charge in [-0.05, 0) is 36.8 Å². The van der Waals surface area contributed by atoms with Gasteiger partial charge in [-0.2, -0.15) is 0 Å². The van der Waals surface area contributed by atoms with E-state index >= 15 is 0 Å². The van der Waals surface area contributed by atoms with Gasteiger partial charge in [0.2, 0.25) is 5.91 Å². The van der Waals surface area contributed by atoms with E-state index in [0.29, 0.717) is 55.5 Å². The highest BCUT2D eigenvalue weighted by Gasteiger charge is 2.25. The molecule has 1 heterocycles. The molecule has 32 heavy (non-hydrogen) atoms. The van der Waals surface area contributed by atoms with Crippen molar-refractivity contribution < 1.29 is 22.7 Å². The molecule has 0 aliphatic carbocycles. The van der Waals surface area contributed by atoms with Gasteiger partial charge in [-0.25, -0.2) is 8.42 Å². The van der Waals surface area contributed by atoms with Crippen LogP contribution in [0, 0.1) is 0 Å². The first kappa shape index (κ1) is 23.9. The molecule has 0 saturated carbocycles. The molecule has 1 amide bonds. The Kier molecular flexibility index (Phi) is 8.35. The molecule has 3 rings (SSSR count). The summed E-state index contributed by atoms with van der Waals surface area (Å²) in [5, 5.41) is 2.83. The zero-order chi connectivity index (χ0) is 23.0. The second kappa shape index (κ2) is 11.2. The molecule has 0 bridgehead atoms. The number of para-hydroxylation sites is 2. The third-order valence-corrected chi connectivity index (χ3v) is 6.64. The van der Waals surface area contributed by atoms with Gasteiger partial charge in [0.1, 0.15) is 10.6 Å². The molecular formula is C23H31N3O5S. The topological polar surface area (TPSA) is 97.0 Å². The Morgan fingerprint density at radius 1 is 1.12 bits per heavy atom. The number of carbonyl (C=O) groups excluding carboxylic acids is 1. The van der Waals surface area contributed by atoms with E-state index in [1.54, 1.807) is 36.4 Å². The summed E-state index contributed by atoms with van der Waals surface area (Å²) in [6.07, 6.45) is 3.21. The summed E-state index contributed by atoms with van der Waals surface area (Å²) < 4.78 is 40.2. The Bertz CT molecular complexity index is 1020. The molecule has 174 valence electrons. The summed E-state index contributed by atoms with van der Waals surface area (Å²) in [5.41, 5.74) is 1.36. The van der Waals surface area contributed by atoms with Crippen molar-refractivity contribution in [2.75, 3.05) is 48.4 Å². The third-order valence-electron chi connectivity index (χ3n) is 5.24. The molecule has 0 atom stereocenters. The van der Waals surface area contributed by atoms with Crippen LogP contribution in [-0.2, 0) is 19.6 Å². The van der Waals surface area contributed by atoms with Gasteiger partial charge in [-0.15, -0.1) is 0 Å². The fraction of sp³-hybridized carbons (Fsp3) is 0.435. The fourth-order valence-corrected chi connectivity index (χ4v) is 4.88. The predicted molar refractivity (Wildman–Crippen MR) is 126 cm³/mol.